The Morgan fingerprint density at radius 3 is 2.41 bits per heavy atom. The molecule has 2 fully saturated rings. The third-order valence-corrected chi connectivity index (χ3v) is 7.36. The zero-order chi connectivity index (χ0) is 19.0. The number of benzene rings is 1. The maximum atomic E-state index is 6.44. The van der Waals surface area contributed by atoms with Crippen LogP contribution >= 0.6 is 0 Å². The van der Waals surface area contributed by atoms with E-state index in [9.17, 15) is 0 Å². The van der Waals surface area contributed by atoms with Crippen molar-refractivity contribution >= 4 is 0 Å². The fourth-order valence-electron chi connectivity index (χ4n) is 6.15. The van der Waals surface area contributed by atoms with E-state index in [0.29, 0.717) is 23.8 Å². The average Bonchev–Trinajstić information content (AvgIpc) is 3.28. The van der Waals surface area contributed by atoms with E-state index in [1.54, 1.807) is 0 Å². The first kappa shape index (κ1) is 18.6. The lowest BCUT2D eigenvalue weighted by atomic mass is 9.68. The third kappa shape index (κ3) is 3.92. The molecule has 2 saturated carbocycles. The molecule has 3 aliphatic carbocycles. The van der Waals surface area contributed by atoms with Crippen LogP contribution in [0.1, 0.15) is 56.1 Å². The third-order valence-electron chi connectivity index (χ3n) is 7.36. The Hall–Kier alpha value is -1.78. The molecule has 0 aliphatic heterocycles. The second-order valence-electron chi connectivity index (χ2n) is 9.44. The molecule has 0 aromatic heterocycles. The van der Waals surface area contributed by atoms with Crippen molar-refractivity contribution in [1.82, 2.24) is 0 Å². The topological polar surface area (TPSA) is 26.0 Å². The van der Waals surface area contributed by atoms with E-state index < -0.39 is 0 Å². The van der Waals surface area contributed by atoms with Gasteiger partial charge in [-0.3, -0.25) is 0 Å². The lowest BCUT2D eigenvalue weighted by Gasteiger charge is -2.38. The fraction of sp³-hybridized carbons (Fsp3) is 0.538. The van der Waals surface area contributed by atoms with Crippen molar-refractivity contribution in [3.63, 3.8) is 0 Å². The summed E-state index contributed by atoms with van der Waals surface area (Å²) in [4.78, 5) is 0. The van der Waals surface area contributed by atoms with Crippen molar-refractivity contribution in [2.75, 3.05) is 0 Å². The summed E-state index contributed by atoms with van der Waals surface area (Å²) in [7, 11) is 0. The molecule has 1 nitrogen and oxygen atoms in total. The van der Waals surface area contributed by atoms with Crippen molar-refractivity contribution in [2.45, 2.75) is 57.9 Å². The van der Waals surface area contributed by atoms with Crippen LogP contribution in [0.2, 0.25) is 0 Å². The van der Waals surface area contributed by atoms with Crippen LogP contribution in [0.4, 0.5) is 0 Å². The van der Waals surface area contributed by atoms with Crippen molar-refractivity contribution in [3.8, 4) is 12.3 Å². The molecule has 4 rings (SSSR count). The number of hydrogen-bond acceptors (Lipinski definition) is 1. The van der Waals surface area contributed by atoms with Crippen LogP contribution in [0.25, 0.3) is 0 Å². The Morgan fingerprint density at radius 2 is 1.74 bits per heavy atom. The van der Waals surface area contributed by atoms with Gasteiger partial charge in [-0.05, 0) is 80.1 Å². The normalized spacial score (nSPS) is 38.6. The van der Waals surface area contributed by atoms with Gasteiger partial charge in [0.25, 0.3) is 0 Å². The quantitative estimate of drug-likeness (QED) is 0.697. The van der Waals surface area contributed by atoms with Crippen molar-refractivity contribution in [1.29, 1.82) is 0 Å². The van der Waals surface area contributed by atoms with Crippen molar-refractivity contribution in [2.24, 2.45) is 35.3 Å². The predicted molar refractivity (Wildman–Crippen MR) is 114 cm³/mol. The Morgan fingerprint density at radius 1 is 1.00 bits per heavy atom. The smallest absolute Gasteiger partial charge is 0.0205 e. The zero-order valence-electron chi connectivity index (χ0n) is 16.8. The SMILES string of the molecule is C#CC1=CC(C2CC(c3ccc(C)cc3)CC2C2CC(C)CC(N)C2)C=C1. The summed E-state index contributed by atoms with van der Waals surface area (Å²) in [6, 6.07) is 9.61. The highest BCUT2D eigenvalue weighted by atomic mass is 14.7. The molecule has 1 aromatic rings. The molecule has 0 radical (unpaired) electrons. The van der Waals surface area contributed by atoms with E-state index >= 15 is 0 Å². The number of allylic oxidation sites excluding steroid dienone is 4. The summed E-state index contributed by atoms with van der Waals surface area (Å²) >= 11 is 0. The minimum Gasteiger partial charge on any atom is -0.328 e. The van der Waals surface area contributed by atoms with Gasteiger partial charge in [0.15, 0.2) is 0 Å². The van der Waals surface area contributed by atoms with Crippen LogP contribution in [0.5, 0.6) is 0 Å². The van der Waals surface area contributed by atoms with Gasteiger partial charge in [-0.25, -0.2) is 0 Å². The first-order chi connectivity index (χ1) is 13.0. The molecule has 1 aromatic carbocycles. The maximum Gasteiger partial charge on any atom is 0.0205 e. The minimum absolute atomic E-state index is 0.383. The summed E-state index contributed by atoms with van der Waals surface area (Å²) in [5, 5.41) is 0. The monoisotopic (exact) mass is 359 g/mol. The summed E-state index contributed by atoms with van der Waals surface area (Å²) in [6.45, 7) is 4.56. The summed E-state index contributed by atoms with van der Waals surface area (Å²) in [5.74, 6) is 6.98. The maximum absolute atomic E-state index is 6.44. The van der Waals surface area contributed by atoms with Crippen LogP contribution in [-0.2, 0) is 0 Å². The van der Waals surface area contributed by atoms with Gasteiger partial charge in [0.1, 0.15) is 0 Å². The first-order valence-corrected chi connectivity index (χ1v) is 10.7. The molecule has 2 N–H and O–H groups in total. The molecule has 1 heteroatoms. The molecule has 0 spiro atoms. The summed E-state index contributed by atoms with van der Waals surface area (Å²) < 4.78 is 0. The lowest BCUT2D eigenvalue weighted by molar-refractivity contribution is 0.145. The number of nitrogens with two attached hydrogens (primary N) is 1. The Kier molecular flexibility index (Phi) is 5.29. The van der Waals surface area contributed by atoms with Crippen LogP contribution in [0.15, 0.2) is 48.1 Å². The second kappa shape index (κ2) is 7.69. The van der Waals surface area contributed by atoms with Crippen LogP contribution in [0, 0.1) is 48.9 Å². The number of rotatable bonds is 3. The summed E-state index contributed by atoms with van der Waals surface area (Å²) in [5.41, 5.74) is 10.4. The van der Waals surface area contributed by atoms with E-state index in [4.69, 9.17) is 12.2 Å². The van der Waals surface area contributed by atoms with Gasteiger partial charge < -0.3 is 5.73 Å². The Balaban J connectivity index is 1.59. The minimum atomic E-state index is 0.383. The molecule has 27 heavy (non-hydrogen) atoms. The molecule has 0 amide bonds. The van der Waals surface area contributed by atoms with Crippen LogP contribution in [0.3, 0.4) is 0 Å². The largest absolute Gasteiger partial charge is 0.328 e. The van der Waals surface area contributed by atoms with Gasteiger partial charge in [-0.2, -0.15) is 0 Å². The highest BCUT2D eigenvalue weighted by Crippen LogP contribution is 2.53. The molecule has 7 unspecified atom stereocenters. The van der Waals surface area contributed by atoms with E-state index in [1.807, 2.05) is 0 Å². The highest BCUT2D eigenvalue weighted by molar-refractivity contribution is 5.42. The van der Waals surface area contributed by atoms with Crippen LogP contribution in [-0.4, -0.2) is 6.04 Å². The number of aryl methyl sites for hydroxylation is 1. The van der Waals surface area contributed by atoms with Gasteiger partial charge in [-0.15, -0.1) is 6.42 Å². The highest BCUT2D eigenvalue weighted by Gasteiger charge is 2.44. The van der Waals surface area contributed by atoms with Crippen LogP contribution < -0.4 is 5.73 Å². The first-order valence-electron chi connectivity index (χ1n) is 10.7. The van der Waals surface area contributed by atoms with Gasteiger partial charge >= 0.3 is 0 Å². The zero-order valence-corrected chi connectivity index (χ0v) is 16.8. The predicted octanol–water partition coefficient (Wildman–Crippen LogP) is 5.61. The standard InChI is InChI=1S/C26H33N/c1-4-19-7-10-21(13-19)25-15-22(20-8-5-17(2)6-9-20)16-26(25)23-11-18(3)12-24(27)14-23/h1,5-10,13,18,21-26H,11-12,14-16,27H2,2-3H3. The molecule has 0 bridgehead atoms. The number of terminal acetylenes is 1. The van der Waals surface area contributed by atoms with Gasteiger partial charge in [-0.1, -0.05) is 60.9 Å². The summed E-state index contributed by atoms with van der Waals surface area (Å²) in [6.07, 6.45) is 18.8. The average molecular weight is 360 g/mol. The lowest BCUT2D eigenvalue weighted by Crippen LogP contribution is -2.36. The molecular formula is C26H33N. The van der Waals surface area contributed by atoms with E-state index in [1.165, 1.54) is 43.2 Å². The molecule has 7 atom stereocenters. The Bertz CT molecular complexity index is 752. The van der Waals surface area contributed by atoms with E-state index in [-0.39, 0.29) is 0 Å². The number of hydrogen-bond donors (Lipinski definition) is 1. The molecule has 0 heterocycles. The molecule has 0 saturated heterocycles. The molecule has 3 aliphatic rings. The van der Waals surface area contributed by atoms with Crippen molar-refractivity contribution < 1.29 is 0 Å². The Labute approximate surface area is 165 Å². The van der Waals surface area contributed by atoms with E-state index in [0.717, 1.165) is 23.3 Å². The van der Waals surface area contributed by atoms with Gasteiger partial charge in [0, 0.05) is 11.6 Å². The van der Waals surface area contributed by atoms with E-state index in [2.05, 4.69) is 62.3 Å². The van der Waals surface area contributed by atoms with Gasteiger partial charge in [0.05, 0.1) is 0 Å². The molecule has 142 valence electrons. The van der Waals surface area contributed by atoms with Crippen molar-refractivity contribution in [3.05, 3.63) is 59.2 Å². The molecular weight excluding hydrogens is 326 g/mol. The van der Waals surface area contributed by atoms with Gasteiger partial charge in [0.2, 0.25) is 0 Å². The fourth-order valence-corrected chi connectivity index (χ4v) is 6.15. The second-order valence-corrected chi connectivity index (χ2v) is 9.44.